The fourth-order valence-electron chi connectivity index (χ4n) is 2.55. The minimum absolute atomic E-state index is 0.187. The van der Waals surface area contributed by atoms with Gasteiger partial charge >= 0.3 is 5.97 Å². The lowest BCUT2D eigenvalue weighted by atomic mass is 9.90. The number of fused-ring (bicyclic) bond motifs is 1. The maximum absolute atomic E-state index is 10.9. The van der Waals surface area contributed by atoms with Crippen molar-refractivity contribution in [1.29, 1.82) is 0 Å². The summed E-state index contributed by atoms with van der Waals surface area (Å²) in [4.78, 5) is 14.1. The van der Waals surface area contributed by atoms with Crippen molar-refractivity contribution in [3.05, 3.63) is 36.0 Å². The smallest absolute Gasteiger partial charge is 0.303 e. The van der Waals surface area contributed by atoms with Gasteiger partial charge in [0, 0.05) is 11.7 Å². The normalized spacial score (nSPS) is 17.2. The first-order valence-electron chi connectivity index (χ1n) is 6.03. The van der Waals surface area contributed by atoms with Gasteiger partial charge in [-0.1, -0.05) is 6.07 Å². The molecular weight excluding hydrogens is 214 g/mol. The molecule has 0 bridgehead atoms. The van der Waals surface area contributed by atoms with E-state index in [1.807, 2.05) is 18.3 Å². The van der Waals surface area contributed by atoms with E-state index in [9.17, 15) is 4.79 Å². The first-order valence-corrected chi connectivity index (χ1v) is 6.03. The van der Waals surface area contributed by atoms with E-state index in [-0.39, 0.29) is 12.3 Å². The number of aromatic nitrogens is 1. The molecule has 1 saturated carbocycles. The zero-order chi connectivity index (χ0) is 11.8. The summed E-state index contributed by atoms with van der Waals surface area (Å²) in [5.74, 6) is 0.0605. The Labute approximate surface area is 99.5 Å². The van der Waals surface area contributed by atoms with E-state index in [1.54, 1.807) is 0 Å². The molecule has 1 unspecified atom stereocenters. The van der Waals surface area contributed by atoms with Crippen LogP contribution in [0.3, 0.4) is 0 Å². The number of hydrogen-bond acceptors (Lipinski definition) is 1. The number of carboxylic acids is 1. The minimum Gasteiger partial charge on any atom is -0.481 e. The Morgan fingerprint density at radius 2 is 2.24 bits per heavy atom. The van der Waals surface area contributed by atoms with Gasteiger partial charge in [-0.25, -0.2) is 0 Å². The Kier molecular flexibility index (Phi) is 2.39. The van der Waals surface area contributed by atoms with Gasteiger partial charge in [0.2, 0.25) is 0 Å². The maximum atomic E-state index is 10.9. The third-order valence-corrected chi connectivity index (χ3v) is 3.59. The van der Waals surface area contributed by atoms with Crippen molar-refractivity contribution in [3.8, 4) is 0 Å². The van der Waals surface area contributed by atoms with E-state index in [0.29, 0.717) is 5.92 Å². The second-order valence-corrected chi connectivity index (χ2v) is 4.87. The van der Waals surface area contributed by atoms with Crippen LogP contribution in [-0.4, -0.2) is 16.1 Å². The Hall–Kier alpha value is -1.77. The number of hydrogen-bond donors (Lipinski definition) is 2. The van der Waals surface area contributed by atoms with Crippen LogP contribution in [-0.2, 0) is 4.79 Å². The van der Waals surface area contributed by atoms with Crippen LogP contribution in [0.15, 0.2) is 30.5 Å². The number of benzene rings is 1. The molecule has 0 aliphatic heterocycles. The van der Waals surface area contributed by atoms with Crippen molar-refractivity contribution in [3.63, 3.8) is 0 Å². The number of carbonyl (C=O) groups is 1. The minimum atomic E-state index is -0.698. The van der Waals surface area contributed by atoms with E-state index < -0.39 is 5.97 Å². The predicted molar refractivity (Wildman–Crippen MR) is 66.0 cm³/mol. The zero-order valence-electron chi connectivity index (χ0n) is 9.52. The van der Waals surface area contributed by atoms with Gasteiger partial charge in [0.05, 0.1) is 6.42 Å². The standard InChI is InChI=1S/C14H15NO2/c16-14(17)8-12(9-1-2-9)10-3-4-13-11(7-10)5-6-15-13/h3-7,9,12,15H,1-2,8H2,(H,16,17). The fraction of sp³-hybridized carbons (Fsp3) is 0.357. The van der Waals surface area contributed by atoms with E-state index >= 15 is 0 Å². The zero-order valence-corrected chi connectivity index (χ0v) is 9.52. The molecule has 3 nitrogen and oxygen atoms in total. The average molecular weight is 229 g/mol. The second kappa shape index (κ2) is 3.91. The predicted octanol–water partition coefficient (Wildman–Crippen LogP) is 3.14. The van der Waals surface area contributed by atoms with Crippen LogP contribution in [0.5, 0.6) is 0 Å². The molecule has 0 spiro atoms. The van der Waals surface area contributed by atoms with Crippen molar-refractivity contribution in [1.82, 2.24) is 4.98 Å². The molecule has 3 rings (SSSR count). The van der Waals surface area contributed by atoms with Gasteiger partial charge in [-0.3, -0.25) is 4.79 Å². The molecule has 1 aliphatic carbocycles. The maximum Gasteiger partial charge on any atom is 0.303 e. The molecule has 1 aromatic heterocycles. The molecule has 3 heteroatoms. The number of carboxylic acid groups (broad SMARTS) is 1. The van der Waals surface area contributed by atoms with Crippen molar-refractivity contribution in [2.75, 3.05) is 0 Å². The number of rotatable bonds is 4. The van der Waals surface area contributed by atoms with Crippen LogP contribution in [0.4, 0.5) is 0 Å². The molecule has 88 valence electrons. The van der Waals surface area contributed by atoms with Crippen LogP contribution < -0.4 is 0 Å². The molecule has 1 heterocycles. The lowest BCUT2D eigenvalue weighted by Crippen LogP contribution is -2.08. The number of aromatic amines is 1. The number of aliphatic carboxylic acids is 1. The third-order valence-electron chi connectivity index (χ3n) is 3.59. The molecule has 0 radical (unpaired) electrons. The van der Waals surface area contributed by atoms with Crippen LogP contribution in [0.25, 0.3) is 10.9 Å². The summed E-state index contributed by atoms with van der Waals surface area (Å²) in [6, 6.07) is 8.26. The van der Waals surface area contributed by atoms with E-state index in [0.717, 1.165) is 5.52 Å². The van der Waals surface area contributed by atoms with Crippen LogP contribution in [0.2, 0.25) is 0 Å². The molecule has 1 aliphatic rings. The topological polar surface area (TPSA) is 53.1 Å². The summed E-state index contributed by atoms with van der Waals surface area (Å²) in [5.41, 5.74) is 2.28. The van der Waals surface area contributed by atoms with Gasteiger partial charge in [0.1, 0.15) is 0 Å². The van der Waals surface area contributed by atoms with Crippen molar-refractivity contribution in [2.45, 2.75) is 25.2 Å². The largest absolute Gasteiger partial charge is 0.481 e. The molecule has 1 fully saturated rings. The number of H-pyrrole nitrogens is 1. The highest BCUT2D eigenvalue weighted by molar-refractivity contribution is 5.80. The highest BCUT2D eigenvalue weighted by Crippen LogP contribution is 2.44. The summed E-state index contributed by atoms with van der Waals surface area (Å²) >= 11 is 0. The summed E-state index contributed by atoms with van der Waals surface area (Å²) < 4.78 is 0. The molecular formula is C14H15NO2. The van der Waals surface area contributed by atoms with Crippen LogP contribution in [0, 0.1) is 5.92 Å². The SMILES string of the molecule is O=C(O)CC(c1ccc2[nH]ccc2c1)C1CC1. The van der Waals surface area contributed by atoms with Crippen molar-refractivity contribution >= 4 is 16.9 Å². The van der Waals surface area contributed by atoms with Crippen molar-refractivity contribution < 1.29 is 9.90 Å². The lowest BCUT2D eigenvalue weighted by molar-refractivity contribution is -0.137. The number of nitrogens with one attached hydrogen (secondary N) is 1. The molecule has 2 N–H and O–H groups in total. The molecule has 17 heavy (non-hydrogen) atoms. The van der Waals surface area contributed by atoms with Gasteiger partial charge in [0.25, 0.3) is 0 Å². The Bertz CT molecular complexity index is 554. The van der Waals surface area contributed by atoms with Gasteiger partial charge in [-0.05, 0) is 53.8 Å². The molecule has 1 aromatic carbocycles. The molecule has 2 aromatic rings. The molecule has 0 saturated heterocycles. The highest BCUT2D eigenvalue weighted by Gasteiger charge is 2.33. The van der Waals surface area contributed by atoms with Gasteiger partial charge in [0.15, 0.2) is 0 Å². The summed E-state index contributed by atoms with van der Waals surface area (Å²) in [7, 11) is 0. The average Bonchev–Trinajstić information content (AvgIpc) is 3.03. The fourth-order valence-corrected chi connectivity index (χ4v) is 2.55. The summed E-state index contributed by atoms with van der Waals surface area (Å²) in [5, 5.41) is 10.2. The van der Waals surface area contributed by atoms with Gasteiger partial charge in [-0.15, -0.1) is 0 Å². The first-order chi connectivity index (χ1) is 8.24. The monoisotopic (exact) mass is 229 g/mol. The lowest BCUT2D eigenvalue weighted by Gasteiger charge is -2.14. The van der Waals surface area contributed by atoms with E-state index in [4.69, 9.17) is 5.11 Å². The third kappa shape index (κ3) is 2.05. The summed E-state index contributed by atoms with van der Waals surface area (Å²) in [6.45, 7) is 0. The van der Waals surface area contributed by atoms with E-state index in [1.165, 1.54) is 23.8 Å². The van der Waals surface area contributed by atoms with Crippen LogP contribution >= 0.6 is 0 Å². The first kappa shape index (κ1) is 10.4. The quantitative estimate of drug-likeness (QED) is 0.846. The van der Waals surface area contributed by atoms with Crippen molar-refractivity contribution in [2.24, 2.45) is 5.92 Å². The van der Waals surface area contributed by atoms with Gasteiger partial charge < -0.3 is 10.1 Å². The molecule has 1 atom stereocenters. The Morgan fingerprint density at radius 3 is 2.94 bits per heavy atom. The Balaban J connectivity index is 1.95. The van der Waals surface area contributed by atoms with Crippen LogP contribution in [0.1, 0.15) is 30.7 Å². The second-order valence-electron chi connectivity index (χ2n) is 4.87. The van der Waals surface area contributed by atoms with Gasteiger partial charge in [-0.2, -0.15) is 0 Å². The summed E-state index contributed by atoms with van der Waals surface area (Å²) in [6.07, 6.45) is 4.50. The molecule has 0 amide bonds. The Morgan fingerprint density at radius 1 is 1.41 bits per heavy atom. The van der Waals surface area contributed by atoms with E-state index in [2.05, 4.69) is 17.1 Å². The highest BCUT2D eigenvalue weighted by atomic mass is 16.4.